The third kappa shape index (κ3) is 4.59. The van der Waals surface area contributed by atoms with E-state index < -0.39 is 15.2 Å². The topological polar surface area (TPSA) is 58.6 Å². The van der Waals surface area contributed by atoms with Gasteiger partial charge < -0.3 is 9.64 Å². The maximum Gasteiger partial charge on any atom is 0.194 e. The van der Waals surface area contributed by atoms with Crippen LogP contribution >= 0.6 is 11.3 Å². The number of hydrogen-bond donors (Lipinski definition) is 1. The number of hydrogen-bond acceptors (Lipinski definition) is 6. The fraction of sp³-hybridized carbons (Fsp3) is 0.524. The van der Waals surface area contributed by atoms with Gasteiger partial charge in [-0.25, -0.2) is 8.42 Å². The molecule has 1 aromatic heterocycles. The lowest BCUT2D eigenvalue weighted by Gasteiger charge is -2.26. The van der Waals surface area contributed by atoms with E-state index in [0.717, 1.165) is 30.2 Å². The van der Waals surface area contributed by atoms with Crippen molar-refractivity contribution in [3.05, 3.63) is 46.8 Å². The van der Waals surface area contributed by atoms with Gasteiger partial charge in [-0.05, 0) is 56.1 Å². The first-order valence-corrected chi connectivity index (χ1v) is 12.5. The van der Waals surface area contributed by atoms with Crippen LogP contribution in [0.3, 0.4) is 0 Å². The first kappa shape index (κ1) is 19.9. The summed E-state index contributed by atoms with van der Waals surface area (Å²) in [7, 11) is -3.38. The van der Waals surface area contributed by atoms with E-state index in [1.54, 1.807) is 35.6 Å². The van der Waals surface area contributed by atoms with Crippen molar-refractivity contribution in [3.8, 4) is 5.06 Å². The molecule has 2 aliphatic heterocycles. The van der Waals surface area contributed by atoms with Crippen molar-refractivity contribution in [2.24, 2.45) is 0 Å². The zero-order valence-electron chi connectivity index (χ0n) is 16.1. The van der Waals surface area contributed by atoms with Gasteiger partial charge in [0.2, 0.25) is 0 Å². The third-order valence-corrected chi connectivity index (χ3v) is 8.63. The van der Waals surface area contributed by atoms with Gasteiger partial charge in [0, 0.05) is 24.4 Å². The minimum absolute atomic E-state index is 0.375. The van der Waals surface area contributed by atoms with E-state index in [4.69, 9.17) is 4.74 Å². The van der Waals surface area contributed by atoms with Crippen molar-refractivity contribution in [2.75, 3.05) is 26.2 Å². The lowest BCUT2D eigenvalue weighted by atomic mass is 10.1. The SMILES string of the molecule is O=S(=O)(c1ccccc1)C1Cc2cc(OCCCN3CCCCC3)sc2CN1. The molecule has 2 aliphatic rings. The molecule has 152 valence electrons. The molecule has 1 atom stereocenters. The predicted octanol–water partition coefficient (Wildman–Crippen LogP) is 3.45. The predicted molar refractivity (Wildman–Crippen MR) is 113 cm³/mol. The Morgan fingerprint density at radius 3 is 2.71 bits per heavy atom. The van der Waals surface area contributed by atoms with E-state index >= 15 is 0 Å². The van der Waals surface area contributed by atoms with Gasteiger partial charge in [0.1, 0.15) is 5.37 Å². The number of nitrogens with zero attached hydrogens (tertiary/aromatic N) is 1. The number of rotatable bonds is 7. The van der Waals surface area contributed by atoms with Crippen LogP contribution < -0.4 is 10.1 Å². The van der Waals surface area contributed by atoms with E-state index in [1.807, 2.05) is 12.1 Å². The average Bonchev–Trinajstić information content (AvgIpc) is 3.15. The molecule has 7 heteroatoms. The number of piperidine rings is 1. The Balaban J connectivity index is 1.32. The summed E-state index contributed by atoms with van der Waals surface area (Å²) in [5, 5.41) is 3.52. The van der Waals surface area contributed by atoms with Crippen LogP contribution in [0.1, 0.15) is 36.1 Å². The second-order valence-corrected chi connectivity index (χ2v) is 10.8. The van der Waals surface area contributed by atoms with Gasteiger partial charge >= 0.3 is 0 Å². The molecule has 0 spiro atoms. The van der Waals surface area contributed by atoms with Crippen molar-refractivity contribution < 1.29 is 13.2 Å². The van der Waals surface area contributed by atoms with Crippen LogP contribution in [0.2, 0.25) is 0 Å². The van der Waals surface area contributed by atoms with Crippen molar-refractivity contribution >= 4 is 21.2 Å². The molecule has 2 aromatic rings. The maximum absolute atomic E-state index is 12.9. The molecule has 0 aliphatic carbocycles. The standard InChI is InChI=1S/C21H28N2O3S2/c24-28(25,18-8-3-1-4-9-18)20-14-17-15-21(27-19(17)16-22-20)26-13-7-12-23-10-5-2-6-11-23/h1,3-4,8-9,15,20,22H,2,5-7,10-14,16H2. The van der Waals surface area contributed by atoms with Gasteiger partial charge in [-0.2, -0.15) is 0 Å². The number of thiophene rings is 1. The number of sulfone groups is 1. The second-order valence-electron chi connectivity index (χ2n) is 7.55. The molecule has 0 amide bonds. The second kappa shape index (κ2) is 8.95. The Kier molecular flexibility index (Phi) is 6.35. The Bertz CT molecular complexity index is 874. The summed E-state index contributed by atoms with van der Waals surface area (Å²) in [6.07, 6.45) is 5.52. The van der Waals surface area contributed by atoms with Crippen molar-refractivity contribution in [1.82, 2.24) is 10.2 Å². The number of fused-ring (bicyclic) bond motifs is 1. The quantitative estimate of drug-likeness (QED) is 0.696. The highest BCUT2D eigenvalue weighted by molar-refractivity contribution is 7.92. The minimum Gasteiger partial charge on any atom is -0.484 e. The molecule has 1 N–H and O–H groups in total. The lowest BCUT2D eigenvalue weighted by molar-refractivity contribution is 0.206. The summed E-state index contributed by atoms with van der Waals surface area (Å²) in [5.41, 5.74) is 1.10. The highest BCUT2D eigenvalue weighted by Gasteiger charge is 2.32. The Morgan fingerprint density at radius 1 is 1.14 bits per heavy atom. The zero-order valence-corrected chi connectivity index (χ0v) is 17.7. The zero-order chi connectivity index (χ0) is 19.4. The normalized spacial score (nSPS) is 20.6. The van der Waals surface area contributed by atoms with Crippen molar-refractivity contribution in [3.63, 3.8) is 0 Å². The number of nitrogens with one attached hydrogen (secondary N) is 1. The molecule has 28 heavy (non-hydrogen) atoms. The van der Waals surface area contributed by atoms with Gasteiger partial charge in [0.25, 0.3) is 0 Å². The molecule has 0 radical (unpaired) electrons. The van der Waals surface area contributed by atoms with E-state index in [1.165, 1.54) is 37.2 Å². The summed E-state index contributed by atoms with van der Waals surface area (Å²) < 4.78 is 31.7. The number of ether oxygens (including phenoxy) is 1. The molecule has 1 fully saturated rings. The molecular formula is C21H28N2O3S2. The number of likely N-dealkylation sites (tertiary alicyclic amines) is 1. The fourth-order valence-corrected chi connectivity index (χ4v) is 6.53. The molecule has 1 unspecified atom stereocenters. The Morgan fingerprint density at radius 2 is 1.93 bits per heavy atom. The molecule has 0 saturated carbocycles. The number of benzene rings is 1. The van der Waals surface area contributed by atoms with Crippen LogP contribution in [-0.4, -0.2) is 44.9 Å². The molecular weight excluding hydrogens is 392 g/mol. The highest BCUT2D eigenvalue weighted by atomic mass is 32.2. The summed E-state index contributed by atoms with van der Waals surface area (Å²) in [5.74, 6) is 0. The Labute approximate surface area is 171 Å². The van der Waals surface area contributed by atoms with Crippen LogP contribution in [0.5, 0.6) is 5.06 Å². The van der Waals surface area contributed by atoms with Crippen LogP contribution in [0, 0.1) is 0 Å². The van der Waals surface area contributed by atoms with E-state index in [9.17, 15) is 8.42 Å². The van der Waals surface area contributed by atoms with Crippen molar-refractivity contribution in [2.45, 2.75) is 48.9 Å². The lowest BCUT2D eigenvalue weighted by Crippen LogP contribution is -2.41. The highest BCUT2D eigenvalue weighted by Crippen LogP contribution is 2.34. The van der Waals surface area contributed by atoms with E-state index in [2.05, 4.69) is 10.2 Å². The van der Waals surface area contributed by atoms with E-state index in [-0.39, 0.29) is 0 Å². The minimum atomic E-state index is -3.38. The van der Waals surface area contributed by atoms with Gasteiger partial charge in [-0.15, -0.1) is 11.3 Å². The molecule has 3 heterocycles. The van der Waals surface area contributed by atoms with Crippen molar-refractivity contribution in [1.29, 1.82) is 0 Å². The molecule has 1 saturated heterocycles. The summed E-state index contributed by atoms with van der Waals surface area (Å²) >= 11 is 1.64. The molecule has 0 bridgehead atoms. The maximum atomic E-state index is 12.9. The largest absolute Gasteiger partial charge is 0.484 e. The van der Waals surface area contributed by atoms with Crippen LogP contribution in [0.25, 0.3) is 0 Å². The molecule has 1 aromatic carbocycles. The summed E-state index contributed by atoms with van der Waals surface area (Å²) in [6, 6.07) is 10.7. The average molecular weight is 421 g/mol. The van der Waals surface area contributed by atoms with E-state index in [0.29, 0.717) is 17.9 Å². The smallest absolute Gasteiger partial charge is 0.194 e. The molecule has 4 rings (SSSR count). The van der Waals surface area contributed by atoms with Crippen LogP contribution in [0.4, 0.5) is 0 Å². The fourth-order valence-electron chi connectivity index (χ4n) is 3.95. The molecule has 5 nitrogen and oxygen atoms in total. The summed E-state index contributed by atoms with van der Waals surface area (Å²) in [4.78, 5) is 4.08. The first-order chi connectivity index (χ1) is 13.6. The third-order valence-electron chi connectivity index (χ3n) is 5.53. The monoisotopic (exact) mass is 420 g/mol. The van der Waals surface area contributed by atoms with Gasteiger partial charge in [0.15, 0.2) is 14.9 Å². The van der Waals surface area contributed by atoms with Crippen LogP contribution in [0.15, 0.2) is 41.3 Å². The van der Waals surface area contributed by atoms with Crippen LogP contribution in [-0.2, 0) is 22.8 Å². The summed E-state index contributed by atoms with van der Waals surface area (Å²) in [6.45, 7) is 4.83. The first-order valence-electron chi connectivity index (χ1n) is 10.1. The Hall–Kier alpha value is -1.41. The van der Waals surface area contributed by atoms with Gasteiger partial charge in [-0.1, -0.05) is 24.6 Å². The van der Waals surface area contributed by atoms with Gasteiger partial charge in [-0.3, -0.25) is 5.32 Å². The van der Waals surface area contributed by atoms with Gasteiger partial charge in [0.05, 0.1) is 11.5 Å².